The number of benzene rings is 1. The summed E-state index contributed by atoms with van der Waals surface area (Å²) < 4.78 is 13.9. The molecule has 6 heteroatoms. The molecule has 1 heterocycles. The number of carbonyl (C=O) groups excluding carboxylic acids is 1. The van der Waals surface area contributed by atoms with Crippen molar-refractivity contribution in [3.63, 3.8) is 0 Å². The van der Waals surface area contributed by atoms with Gasteiger partial charge in [-0.2, -0.15) is 11.8 Å². The van der Waals surface area contributed by atoms with Gasteiger partial charge in [0, 0.05) is 28.5 Å². The zero-order valence-corrected chi connectivity index (χ0v) is 13.8. The number of halogens is 2. The number of hydrogen-bond donors (Lipinski definition) is 1. The summed E-state index contributed by atoms with van der Waals surface area (Å²) in [6.45, 7) is 0.605. The van der Waals surface area contributed by atoms with Crippen LogP contribution >= 0.6 is 39.0 Å². The summed E-state index contributed by atoms with van der Waals surface area (Å²) >= 11 is 6.93. The fourth-order valence-corrected chi connectivity index (χ4v) is 3.99. The molecule has 0 saturated carbocycles. The first-order valence-electron chi connectivity index (χ1n) is 6.01. The molecule has 20 heavy (non-hydrogen) atoms. The number of hydrogen-bond acceptors (Lipinski definition) is 3. The maximum atomic E-state index is 12.7. The molecule has 0 aliphatic carbocycles. The van der Waals surface area contributed by atoms with Gasteiger partial charge in [-0.15, -0.1) is 11.3 Å². The molecule has 0 unspecified atom stereocenters. The van der Waals surface area contributed by atoms with Crippen LogP contribution in [0.5, 0.6) is 0 Å². The zero-order valence-electron chi connectivity index (χ0n) is 10.6. The molecule has 2 aromatic rings. The highest BCUT2D eigenvalue weighted by atomic mass is 79.9. The van der Waals surface area contributed by atoms with Crippen LogP contribution in [0.3, 0.4) is 0 Å². The first-order valence-corrected chi connectivity index (χ1v) is 8.77. The van der Waals surface area contributed by atoms with Crippen LogP contribution in [0.1, 0.15) is 15.2 Å². The molecular formula is C14H13BrFNOS2. The number of carbonyl (C=O) groups is 1. The minimum Gasteiger partial charge on any atom is -0.351 e. The predicted molar refractivity (Wildman–Crippen MR) is 86.9 cm³/mol. The lowest BCUT2D eigenvalue weighted by atomic mass is 10.2. The van der Waals surface area contributed by atoms with Crippen LogP contribution in [0.4, 0.5) is 4.39 Å². The molecule has 0 spiro atoms. The lowest BCUT2D eigenvalue weighted by Gasteiger charge is -2.04. The van der Waals surface area contributed by atoms with E-state index in [1.807, 2.05) is 6.07 Å². The summed E-state index contributed by atoms with van der Waals surface area (Å²) in [6.07, 6.45) is 0. The van der Waals surface area contributed by atoms with Gasteiger partial charge in [-0.3, -0.25) is 4.79 Å². The van der Waals surface area contributed by atoms with Crippen LogP contribution in [0.25, 0.3) is 0 Å². The number of rotatable bonds is 6. The maximum Gasteiger partial charge on any atom is 0.251 e. The molecule has 2 rings (SSSR count). The van der Waals surface area contributed by atoms with E-state index in [1.54, 1.807) is 23.1 Å². The van der Waals surface area contributed by atoms with E-state index in [0.29, 0.717) is 12.1 Å². The van der Waals surface area contributed by atoms with E-state index < -0.39 is 0 Å². The topological polar surface area (TPSA) is 29.1 Å². The number of thioether (sulfide) groups is 1. The molecule has 0 saturated heterocycles. The quantitative estimate of drug-likeness (QED) is 0.764. The normalized spacial score (nSPS) is 10.5. The number of nitrogens with one attached hydrogen (secondary N) is 1. The van der Waals surface area contributed by atoms with E-state index >= 15 is 0 Å². The molecule has 1 aromatic heterocycles. The van der Waals surface area contributed by atoms with Crippen LogP contribution in [0, 0.1) is 5.82 Å². The van der Waals surface area contributed by atoms with Crippen molar-refractivity contribution in [3.05, 3.63) is 56.4 Å². The summed E-state index contributed by atoms with van der Waals surface area (Å²) in [4.78, 5) is 13.1. The van der Waals surface area contributed by atoms with Gasteiger partial charge in [0.2, 0.25) is 0 Å². The monoisotopic (exact) mass is 373 g/mol. The van der Waals surface area contributed by atoms with Crippen molar-refractivity contribution in [2.45, 2.75) is 5.75 Å². The Hall–Kier alpha value is -0.850. The molecule has 1 amide bonds. The number of thiophene rings is 1. The maximum absolute atomic E-state index is 12.7. The van der Waals surface area contributed by atoms with Gasteiger partial charge in [-0.25, -0.2) is 4.39 Å². The van der Waals surface area contributed by atoms with E-state index in [9.17, 15) is 9.18 Å². The highest BCUT2D eigenvalue weighted by Crippen LogP contribution is 2.25. The molecule has 0 atom stereocenters. The van der Waals surface area contributed by atoms with Crippen LogP contribution < -0.4 is 5.32 Å². The lowest BCUT2D eigenvalue weighted by molar-refractivity contribution is 0.0956. The second-order valence-corrected chi connectivity index (χ2v) is 7.67. The van der Waals surface area contributed by atoms with Gasteiger partial charge in [0.15, 0.2) is 0 Å². The summed E-state index contributed by atoms with van der Waals surface area (Å²) in [6, 6.07) is 9.69. The smallest absolute Gasteiger partial charge is 0.251 e. The third kappa shape index (κ3) is 4.92. The third-order valence-corrected chi connectivity index (χ3v) is 5.33. The summed E-state index contributed by atoms with van der Waals surface area (Å²) in [5.41, 5.74) is 0.485. The molecule has 0 bridgehead atoms. The second kappa shape index (κ2) is 7.81. The van der Waals surface area contributed by atoms with Crippen LogP contribution in [0.2, 0.25) is 0 Å². The van der Waals surface area contributed by atoms with Gasteiger partial charge in [0.25, 0.3) is 5.91 Å². The molecular weight excluding hydrogens is 361 g/mol. The van der Waals surface area contributed by atoms with Gasteiger partial charge < -0.3 is 5.32 Å². The van der Waals surface area contributed by atoms with E-state index in [1.165, 1.54) is 29.1 Å². The molecule has 1 N–H and O–H groups in total. The van der Waals surface area contributed by atoms with E-state index in [0.717, 1.165) is 15.3 Å². The Morgan fingerprint density at radius 2 is 2.00 bits per heavy atom. The molecule has 0 aliphatic heterocycles. The first kappa shape index (κ1) is 15.5. The van der Waals surface area contributed by atoms with Crippen molar-refractivity contribution in [3.8, 4) is 0 Å². The number of amides is 1. The Balaban J connectivity index is 1.65. The Kier molecular flexibility index (Phi) is 6.06. The molecule has 0 radical (unpaired) electrons. The minimum atomic E-state index is -0.334. The Labute approximate surface area is 133 Å². The average molecular weight is 374 g/mol. The van der Waals surface area contributed by atoms with Crippen LogP contribution in [-0.4, -0.2) is 18.2 Å². The summed E-state index contributed by atoms with van der Waals surface area (Å²) in [5, 5.41) is 2.82. The Morgan fingerprint density at radius 1 is 1.25 bits per heavy atom. The van der Waals surface area contributed by atoms with Crippen LogP contribution in [-0.2, 0) is 5.75 Å². The summed E-state index contributed by atoms with van der Waals surface area (Å²) in [7, 11) is 0. The molecule has 1 aromatic carbocycles. The molecule has 0 aliphatic rings. The minimum absolute atomic E-state index is 0.163. The molecule has 2 nitrogen and oxygen atoms in total. The molecule has 106 valence electrons. The van der Waals surface area contributed by atoms with Crippen molar-refractivity contribution in [2.24, 2.45) is 0 Å². The van der Waals surface area contributed by atoms with Gasteiger partial charge >= 0.3 is 0 Å². The molecule has 0 fully saturated rings. The Morgan fingerprint density at radius 3 is 2.65 bits per heavy atom. The Bertz CT molecular complexity index is 571. The third-order valence-electron chi connectivity index (χ3n) is 2.51. The van der Waals surface area contributed by atoms with Gasteiger partial charge in [-0.05, 0) is 52.3 Å². The van der Waals surface area contributed by atoms with Crippen molar-refractivity contribution in [1.82, 2.24) is 5.32 Å². The lowest BCUT2D eigenvalue weighted by Crippen LogP contribution is -2.25. The fourth-order valence-electron chi connectivity index (χ4n) is 1.54. The van der Waals surface area contributed by atoms with Crippen molar-refractivity contribution in [1.29, 1.82) is 0 Å². The van der Waals surface area contributed by atoms with Gasteiger partial charge in [0.05, 0.1) is 3.79 Å². The van der Waals surface area contributed by atoms with Crippen molar-refractivity contribution >= 4 is 44.9 Å². The SMILES string of the molecule is O=C(NCCSCc1ccc(Br)s1)c1ccc(F)cc1. The highest BCUT2D eigenvalue weighted by Gasteiger charge is 2.04. The largest absolute Gasteiger partial charge is 0.351 e. The van der Waals surface area contributed by atoms with Crippen molar-refractivity contribution in [2.75, 3.05) is 12.3 Å². The zero-order chi connectivity index (χ0) is 14.4. The van der Waals surface area contributed by atoms with E-state index in [2.05, 4.69) is 27.3 Å². The average Bonchev–Trinajstić information content (AvgIpc) is 2.84. The van der Waals surface area contributed by atoms with Crippen LogP contribution in [0.15, 0.2) is 40.2 Å². The van der Waals surface area contributed by atoms with Gasteiger partial charge in [-0.1, -0.05) is 0 Å². The second-order valence-electron chi connectivity index (χ2n) is 4.02. The first-order chi connectivity index (χ1) is 9.65. The van der Waals surface area contributed by atoms with E-state index in [-0.39, 0.29) is 11.7 Å². The predicted octanol–water partition coefficient (Wildman–Crippen LogP) is 4.31. The van der Waals surface area contributed by atoms with Gasteiger partial charge in [0.1, 0.15) is 5.82 Å². The van der Waals surface area contributed by atoms with E-state index in [4.69, 9.17) is 0 Å². The summed E-state index contributed by atoms with van der Waals surface area (Å²) in [5.74, 6) is 1.30. The standard InChI is InChI=1S/C14H13BrFNOS2/c15-13-6-5-12(20-13)9-19-8-7-17-14(18)10-1-3-11(16)4-2-10/h1-6H,7-9H2,(H,17,18). The van der Waals surface area contributed by atoms with Crippen molar-refractivity contribution < 1.29 is 9.18 Å². The fraction of sp³-hybridized carbons (Fsp3) is 0.214. The highest BCUT2D eigenvalue weighted by molar-refractivity contribution is 9.11.